The summed E-state index contributed by atoms with van der Waals surface area (Å²) < 4.78 is 79.6. The second kappa shape index (κ2) is 6.86. The fourth-order valence-corrected chi connectivity index (χ4v) is 2.41. The van der Waals surface area contributed by atoms with Crippen LogP contribution >= 0.6 is 0 Å². The average Bonchev–Trinajstić information content (AvgIpc) is 2.32. The highest BCUT2D eigenvalue weighted by Gasteiger charge is 2.22. The van der Waals surface area contributed by atoms with Crippen LogP contribution in [0.5, 0.6) is 0 Å². The minimum Gasteiger partial charge on any atom is -0.399 e. The summed E-state index contributed by atoms with van der Waals surface area (Å²) in [5, 5.41) is 0. The van der Waals surface area contributed by atoms with Gasteiger partial charge in [-0.15, -0.1) is 0 Å². The van der Waals surface area contributed by atoms with Crippen LogP contribution in [0, 0.1) is 11.6 Å². The van der Waals surface area contributed by atoms with Gasteiger partial charge in [-0.1, -0.05) is 0 Å². The summed E-state index contributed by atoms with van der Waals surface area (Å²) in [7, 11) is -4.35. The molecule has 0 amide bonds. The van der Waals surface area contributed by atoms with E-state index in [0.29, 0.717) is 6.07 Å². The van der Waals surface area contributed by atoms with Gasteiger partial charge < -0.3 is 10.5 Å². The molecule has 0 aliphatic heterocycles. The number of nitrogens with one attached hydrogen (secondary N) is 1. The lowest BCUT2D eigenvalue weighted by Gasteiger charge is -2.09. The monoisotopic (exact) mass is 316 g/mol. The molecule has 0 aromatic heterocycles. The first-order chi connectivity index (χ1) is 9.24. The maximum absolute atomic E-state index is 13.4. The van der Waals surface area contributed by atoms with Crippen molar-refractivity contribution in [1.29, 1.82) is 0 Å². The van der Waals surface area contributed by atoms with E-state index in [4.69, 9.17) is 5.73 Å². The van der Waals surface area contributed by atoms with Crippen LogP contribution in [0.25, 0.3) is 0 Å². The molecule has 20 heavy (non-hydrogen) atoms. The number of nitrogen functional groups attached to an aromatic ring is 1. The molecule has 0 atom stereocenters. The summed E-state index contributed by atoms with van der Waals surface area (Å²) in [6, 6.07) is 1.39. The van der Waals surface area contributed by atoms with Crippen molar-refractivity contribution in [2.45, 2.75) is 11.3 Å². The molecule has 0 saturated heterocycles. The van der Waals surface area contributed by atoms with Crippen molar-refractivity contribution in [3.05, 3.63) is 23.8 Å². The van der Waals surface area contributed by atoms with Crippen LogP contribution in [0.4, 0.5) is 23.2 Å². The van der Waals surface area contributed by atoms with Crippen molar-refractivity contribution in [2.75, 3.05) is 25.5 Å². The fraction of sp³-hybridized carbons (Fsp3) is 0.400. The number of sulfonamides is 1. The van der Waals surface area contributed by atoms with E-state index in [1.165, 1.54) is 0 Å². The van der Waals surface area contributed by atoms with Gasteiger partial charge in [0.2, 0.25) is 10.0 Å². The molecule has 0 saturated carbocycles. The summed E-state index contributed by atoms with van der Waals surface area (Å²) in [6.07, 6.45) is -2.67. The zero-order chi connectivity index (χ0) is 15.3. The number of ether oxygens (including phenoxy) is 1. The maximum atomic E-state index is 13.4. The normalized spacial score (nSPS) is 12.1. The topological polar surface area (TPSA) is 81.4 Å². The number of hydrogen-bond donors (Lipinski definition) is 2. The van der Waals surface area contributed by atoms with Gasteiger partial charge in [0, 0.05) is 12.2 Å². The number of benzene rings is 1. The van der Waals surface area contributed by atoms with E-state index in [2.05, 4.69) is 4.74 Å². The molecule has 1 rings (SSSR count). The van der Waals surface area contributed by atoms with Gasteiger partial charge in [0.25, 0.3) is 6.43 Å². The summed E-state index contributed by atoms with van der Waals surface area (Å²) in [4.78, 5) is -0.955. The van der Waals surface area contributed by atoms with Crippen molar-refractivity contribution in [3.8, 4) is 0 Å². The molecule has 0 heterocycles. The molecule has 3 N–H and O–H groups in total. The van der Waals surface area contributed by atoms with Gasteiger partial charge in [-0.05, 0) is 12.1 Å². The van der Waals surface area contributed by atoms with Gasteiger partial charge in [-0.25, -0.2) is 30.7 Å². The van der Waals surface area contributed by atoms with E-state index in [1.54, 1.807) is 0 Å². The first kappa shape index (κ1) is 16.7. The average molecular weight is 316 g/mol. The lowest BCUT2D eigenvalue weighted by molar-refractivity contribution is 0.0199. The predicted molar refractivity (Wildman–Crippen MR) is 62.8 cm³/mol. The quantitative estimate of drug-likeness (QED) is 0.448. The standard InChI is InChI=1S/C10H12F4N2O3S/c11-7-3-6(15)4-8(10(7)14)20(17,18)16-1-2-19-5-9(12)13/h3-4,9,16H,1-2,5,15H2. The number of nitrogens with two attached hydrogens (primary N) is 1. The molecular formula is C10H12F4N2O3S. The largest absolute Gasteiger partial charge is 0.399 e. The Bertz CT molecular complexity index is 566. The van der Waals surface area contributed by atoms with Crippen LogP contribution in [-0.2, 0) is 14.8 Å². The van der Waals surface area contributed by atoms with Crippen molar-refractivity contribution in [2.24, 2.45) is 0 Å². The zero-order valence-electron chi connectivity index (χ0n) is 10.1. The van der Waals surface area contributed by atoms with Crippen LogP contribution in [-0.4, -0.2) is 34.6 Å². The van der Waals surface area contributed by atoms with Crippen LogP contribution in [0.1, 0.15) is 0 Å². The van der Waals surface area contributed by atoms with Gasteiger partial charge in [0.15, 0.2) is 11.6 Å². The van der Waals surface area contributed by atoms with Crippen LogP contribution < -0.4 is 10.5 Å². The highest BCUT2D eigenvalue weighted by molar-refractivity contribution is 7.89. The molecule has 0 fully saturated rings. The van der Waals surface area contributed by atoms with Gasteiger partial charge in [0.1, 0.15) is 11.5 Å². The molecule has 1 aromatic carbocycles. The third-order valence-electron chi connectivity index (χ3n) is 2.09. The molecule has 1 aromatic rings. The lowest BCUT2D eigenvalue weighted by Crippen LogP contribution is -2.29. The molecule has 0 unspecified atom stereocenters. The number of alkyl halides is 2. The summed E-state index contributed by atoms with van der Waals surface area (Å²) in [5.41, 5.74) is 4.96. The Morgan fingerprint density at radius 3 is 2.55 bits per heavy atom. The Labute approximate surface area is 112 Å². The van der Waals surface area contributed by atoms with Gasteiger partial charge in [-0.2, -0.15) is 0 Å². The highest BCUT2D eigenvalue weighted by atomic mass is 32.2. The third-order valence-corrected chi connectivity index (χ3v) is 3.55. The summed E-state index contributed by atoms with van der Waals surface area (Å²) in [6.45, 7) is -1.55. The number of halogens is 4. The summed E-state index contributed by atoms with van der Waals surface area (Å²) >= 11 is 0. The fourth-order valence-electron chi connectivity index (χ4n) is 1.28. The van der Waals surface area contributed by atoms with Crippen molar-refractivity contribution in [1.82, 2.24) is 4.72 Å². The second-order valence-corrected chi connectivity index (χ2v) is 5.41. The smallest absolute Gasteiger partial charge is 0.261 e. The minimum absolute atomic E-state index is 0.266. The van der Waals surface area contributed by atoms with Crippen molar-refractivity contribution >= 4 is 15.7 Å². The van der Waals surface area contributed by atoms with Crippen molar-refractivity contribution < 1.29 is 30.7 Å². The Morgan fingerprint density at radius 2 is 1.95 bits per heavy atom. The number of anilines is 1. The van der Waals surface area contributed by atoms with Gasteiger partial charge in [-0.3, -0.25) is 0 Å². The van der Waals surface area contributed by atoms with E-state index in [1.807, 2.05) is 4.72 Å². The molecule has 10 heteroatoms. The Hall–Kier alpha value is -1.39. The number of rotatable bonds is 7. The Kier molecular flexibility index (Phi) is 5.72. The van der Waals surface area contributed by atoms with Crippen LogP contribution in [0.3, 0.4) is 0 Å². The van der Waals surface area contributed by atoms with Crippen LogP contribution in [0.2, 0.25) is 0 Å². The molecule has 0 aliphatic carbocycles. The number of hydrogen-bond acceptors (Lipinski definition) is 4. The highest BCUT2D eigenvalue weighted by Crippen LogP contribution is 2.20. The second-order valence-electron chi connectivity index (χ2n) is 3.68. The molecule has 0 radical (unpaired) electrons. The van der Waals surface area contributed by atoms with E-state index in [-0.39, 0.29) is 18.8 Å². The minimum atomic E-state index is -4.35. The molecule has 0 spiro atoms. The molecule has 0 aliphatic rings. The van der Waals surface area contributed by atoms with Gasteiger partial charge in [0.05, 0.1) is 6.61 Å². The SMILES string of the molecule is Nc1cc(F)c(F)c(S(=O)(=O)NCCOCC(F)F)c1. The summed E-state index contributed by atoms with van der Waals surface area (Å²) in [5.74, 6) is -2.97. The first-order valence-corrected chi connectivity index (χ1v) is 6.82. The Balaban J connectivity index is 2.70. The van der Waals surface area contributed by atoms with E-state index >= 15 is 0 Å². The lowest BCUT2D eigenvalue weighted by atomic mass is 10.3. The third kappa shape index (κ3) is 4.62. The first-order valence-electron chi connectivity index (χ1n) is 5.34. The van der Waals surface area contributed by atoms with E-state index in [9.17, 15) is 26.0 Å². The predicted octanol–water partition coefficient (Wildman–Crippen LogP) is 1.11. The van der Waals surface area contributed by atoms with E-state index < -0.39 is 39.6 Å². The Morgan fingerprint density at radius 1 is 1.30 bits per heavy atom. The van der Waals surface area contributed by atoms with Crippen LogP contribution in [0.15, 0.2) is 17.0 Å². The molecule has 0 bridgehead atoms. The van der Waals surface area contributed by atoms with E-state index in [0.717, 1.165) is 6.07 Å². The zero-order valence-corrected chi connectivity index (χ0v) is 10.9. The molecular weight excluding hydrogens is 304 g/mol. The van der Waals surface area contributed by atoms with Gasteiger partial charge >= 0.3 is 0 Å². The molecule has 5 nitrogen and oxygen atoms in total. The van der Waals surface area contributed by atoms with Crippen molar-refractivity contribution in [3.63, 3.8) is 0 Å². The molecule has 114 valence electrons. The maximum Gasteiger partial charge on any atom is 0.261 e.